The van der Waals surface area contributed by atoms with Crippen LogP contribution in [0.3, 0.4) is 0 Å². The highest BCUT2D eigenvalue weighted by Crippen LogP contribution is 2.29. The molecule has 118 valence electrons. The Kier molecular flexibility index (Phi) is 8.55. The van der Waals surface area contributed by atoms with Gasteiger partial charge in [0, 0.05) is 12.5 Å². The van der Waals surface area contributed by atoms with Gasteiger partial charge in [-0.1, -0.05) is 39.0 Å². The van der Waals surface area contributed by atoms with Crippen LogP contribution in [-0.2, 0) is 4.79 Å². The normalized spacial score (nSPS) is 25.6. The minimum absolute atomic E-state index is 0. The second kappa shape index (κ2) is 9.62. The van der Waals surface area contributed by atoms with E-state index in [1.54, 1.807) is 0 Å². The first-order valence-corrected chi connectivity index (χ1v) is 8.24. The quantitative estimate of drug-likeness (QED) is 0.819. The van der Waals surface area contributed by atoms with E-state index in [0.717, 1.165) is 32.0 Å². The lowest BCUT2D eigenvalue weighted by Crippen LogP contribution is -2.40. The molecule has 20 heavy (non-hydrogen) atoms. The summed E-state index contributed by atoms with van der Waals surface area (Å²) in [5.41, 5.74) is 0. The van der Waals surface area contributed by atoms with Gasteiger partial charge in [-0.15, -0.1) is 12.4 Å². The van der Waals surface area contributed by atoms with Gasteiger partial charge < -0.3 is 10.6 Å². The molecular weight excluding hydrogens is 272 g/mol. The highest BCUT2D eigenvalue weighted by molar-refractivity contribution is 5.85. The maximum atomic E-state index is 12.1. The molecule has 1 aliphatic heterocycles. The maximum absolute atomic E-state index is 12.1. The van der Waals surface area contributed by atoms with Crippen LogP contribution in [0, 0.1) is 17.8 Å². The number of carbonyl (C=O) groups excluding carboxylic acids is 1. The second-order valence-corrected chi connectivity index (χ2v) is 6.60. The van der Waals surface area contributed by atoms with Gasteiger partial charge in [0.25, 0.3) is 0 Å². The van der Waals surface area contributed by atoms with Gasteiger partial charge in [-0.3, -0.25) is 4.79 Å². The summed E-state index contributed by atoms with van der Waals surface area (Å²) < 4.78 is 0. The third-order valence-electron chi connectivity index (χ3n) is 4.82. The molecule has 0 aromatic rings. The lowest BCUT2D eigenvalue weighted by Gasteiger charge is -2.26. The van der Waals surface area contributed by atoms with Crippen LogP contribution in [0.2, 0.25) is 0 Å². The number of amides is 1. The van der Waals surface area contributed by atoms with Crippen molar-refractivity contribution in [3.8, 4) is 0 Å². The maximum Gasteiger partial charge on any atom is 0.222 e. The Balaban J connectivity index is 0.00000200. The fourth-order valence-electron chi connectivity index (χ4n) is 3.55. The monoisotopic (exact) mass is 302 g/mol. The van der Waals surface area contributed by atoms with Crippen molar-refractivity contribution in [2.45, 2.75) is 58.3 Å². The Morgan fingerprint density at radius 1 is 1.15 bits per heavy atom. The average molecular weight is 303 g/mol. The summed E-state index contributed by atoms with van der Waals surface area (Å²) in [6.45, 7) is 5.17. The summed E-state index contributed by atoms with van der Waals surface area (Å²) in [6.07, 6.45) is 10.4. The van der Waals surface area contributed by atoms with Crippen LogP contribution in [0.15, 0.2) is 0 Å². The van der Waals surface area contributed by atoms with Crippen LogP contribution in [0.4, 0.5) is 0 Å². The molecule has 2 aliphatic rings. The number of nitrogens with one attached hydrogen (secondary N) is 2. The number of hydrogen-bond acceptors (Lipinski definition) is 2. The molecule has 1 heterocycles. The van der Waals surface area contributed by atoms with Crippen LogP contribution in [0.1, 0.15) is 58.3 Å². The molecule has 2 unspecified atom stereocenters. The predicted molar refractivity (Wildman–Crippen MR) is 86.2 cm³/mol. The average Bonchev–Trinajstić information content (AvgIpc) is 2.47. The van der Waals surface area contributed by atoms with Crippen LogP contribution < -0.4 is 10.6 Å². The summed E-state index contributed by atoms with van der Waals surface area (Å²) >= 11 is 0. The third-order valence-corrected chi connectivity index (χ3v) is 4.82. The zero-order valence-electron chi connectivity index (χ0n) is 12.8. The predicted octanol–water partition coefficient (Wildman–Crippen LogP) is 3.13. The summed E-state index contributed by atoms with van der Waals surface area (Å²) in [5.74, 6) is 1.90. The van der Waals surface area contributed by atoms with Crippen LogP contribution in [0.25, 0.3) is 0 Å². The number of carbonyl (C=O) groups is 1. The van der Waals surface area contributed by atoms with Crippen molar-refractivity contribution < 1.29 is 4.79 Å². The van der Waals surface area contributed by atoms with Gasteiger partial charge in [0.2, 0.25) is 5.91 Å². The van der Waals surface area contributed by atoms with E-state index >= 15 is 0 Å². The van der Waals surface area contributed by atoms with Gasteiger partial charge in [0.1, 0.15) is 0 Å². The largest absolute Gasteiger partial charge is 0.356 e. The molecule has 1 amide bonds. The van der Waals surface area contributed by atoms with E-state index in [-0.39, 0.29) is 24.2 Å². The Bertz CT molecular complexity index is 274. The van der Waals surface area contributed by atoms with E-state index in [1.807, 2.05) is 0 Å². The van der Waals surface area contributed by atoms with Gasteiger partial charge in [-0.2, -0.15) is 0 Å². The van der Waals surface area contributed by atoms with Crippen molar-refractivity contribution in [2.75, 3.05) is 19.6 Å². The van der Waals surface area contributed by atoms with E-state index < -0.39 is 0 Å². The van der Waals surface area contributed by atoms with Crippen molar-refractivity contribution in [3.63, 3.8) is 0 Å². The summed E-state index contributed by atoms with van der Waals surface area (Å²) in [7, 11) is 0. The van der Waals surface area contributed by atoms with Crippen LogP contribution in [-0.4, -0.2) is 25.5 Å². The van der Waals surface area contributed by atoms with Crippen LogP contribution >= 0.6 is 12.4 Å². The van der Waals surface area contributed by atoms with Crippen molar-refractivity contribution >= 4 is 18.3 Å². The molecule has 0 spiro atoms. The molecule has 0 aromatic heterocycles. The van der Waals surface area contributed by atoms with E-state index in [4.69, 9.17) is 0 Å². The Hall–Kier alpha value is -0.280. The number of piperidine rings is 1. The number of rotatable bonds is 5. The highest BCUT2D eigenvalue weighted by Gasteiger charge is 2.21. The number of hydrogen-bond donors (Lipinski definition) is 2. The van der Waals surface area contributed by atoms with Crippen LogP contribution in [0.5, 0.6) is 0 Å². The second-order valence-electron chi connectivity index (χ2n) is 6.60. The molecule has 2 N–H and O–H groups in total. The lowest BCUT2D eigenvalue weighted by molar-refractivity contribution is -0.125. The zero-order chi connectivity index (χ0) is 13.5. The van der Waals surface area contributed by atoms with Gasteiger partial charge in [-0.25, -0.2) is 0 Å². The van der Waals surface area contributed by atoms with Crippen molar-refractivity contribution in [1.82, 2.24) is 10.6 Å². The smallest absolute Gasteiger partial charge is 0.222 e. The van der Waals surface area contributed by atoms with Crippen molar-refractivity contribution in [1.29, 1.82) is 0 Å². The fraction of sp³-hybridized carbons (Fsp3) is 0.938. The summed E-state index contributed by atoms with van der Waals surface area (Å²) in [4.78, 5) is 12.1. The molecule has 4 heteroatoms. The lowest BCUT2D eigenvalue weighted by atomic mass is 9.83. The molecule has 0 radical (unpaired) electrons. The fourth-order valence-corrected chi connectivity index (χ4v) is 3.55. The first-order chi connectivity index (χ1) is 9.25. The summed E-state index contributed by atoms with van der Waals surface area (Å²) in [5, 5.41) is 6.56. The van der Waals surface area contributed by atoms with E-state index in [1.165, 1.54) is 44.9 Å². The first kappa shape index (κ1) is 17.8. The first-order valence-electron chi connectivity index (χ1n) is 8.24. The highest BCUT2D eigenvalue weighted by atomic mass is 35.5. The molecule has 1 saturated carbocycles. The molecule has 1 saturated heterocycles. The molecule has 2 atom stereocenters. The molecule has 0 aromatic carbocycles. The molecule has 0 bridgehead atoms. The van der Waals surface area contributed by atoms with Crippen molar-refractivity contribution in [3.05, 3.63) is 0 Å². The minimum Gasteiger partial charge on any atom is -0.356 e. The Labute approximate surface area is 130 Å². The Morgan fingerprint density at radius 3 is 2.50 bits per heavy atom. The third kappa shape index (κ3) is 6.01. The van der Waals surface area contributed by atoms with Crippen molar-refractivity contribution in [2.24, 2.45) is 17.8 Å². The van der Waals surface area contributed by atoms with Gasteiger partial charge in [-0.05, 0) is 44.2 Å². The standard InChI is InChI=1S/C16H30N2O.ClH/c1-13(10-14-6-3-2-4-7-14)16(19)18-12-15-8-5-9-17-11-15;/h13-15,17H,2-12H2,1H3,(H,18,19);1H. The van der Waals surface area contributed by atoms with Gasteiger partial charge in [0.05, 0.1) is 0 Å². The van der Waals surface area contributed by atoms with Gasteiger partial charge >= 0.3 is 0 Å². The Morgan fingerprint density at radius 2 is 1.85 bits per heavy atom. The molecule has 3 nitrogen and oxygen atoms in total. The molecular formula is C16H31ClN2O. The topological polar surface area (TPSA) is 41.1 Å². The minimum atomic E-state index is 0. The van der Waals surface area contributed by atoms with E-state index in [0.29, 0.717) is 5.92 Å². The summed E-state index contributed by atoms with van der Waals surface area (Å²) in [6, 6.07) is 0. The van der Waals surface area contributed by atoms with Gasteiger partial charge in [0.15, 0.2) is 0 Å². The SMILES string of the molecule is CC(CC1CCCCC1)C(=O)NCC1CCCNC1.Cl. The van der Waals surface area contributed by atoms with E-state index in [9.17, 15) is 4.79 Å². The molecule has 1 aliphatic carbocycles. The molecule has 2 fully saturated rings. The molecule has 2 rings (SSSR count). The van der Waals surface area contributed by atoms with E-state index in [2.05, 4.69) is 17.6 Å². The number of halogens is 1. The zero-order valence-corrected chi connectivity index (χ0v) is 13.6.